The van der Waals surface area contributed by atoms with Crippen LogP contribution in [-0.4, -0.2) is 35.5 Å². The van der Waals surface area contributed by atoms with Crippen LogP contribution < -0.4 is 10.5 Å². The highest BCUT2D eigenvalue weighted by Crippen LogP contribution is 2.33. The third-order valence-electron chi connectivity index (χ3n) is 5.42. The lowest BCUT2D eigenvalue weighted by Crippen LogP contribution is -2.55. The van der Waals surface area contributed by atoms with Crippen molar-refractivity contribution in [3.8, 4) is 5.75 Å². The van der Waals surface area contributed by atoms with Crippen LogP contribution >= 0.6 is 12.4 Å². The van der Waals surface area contributed by atoms with E-state index in [1.54, 1.807) is 12.1 Å². The Morgan fingerprint density at radius 3 is 2.44 bits per heavy atom. The highest BCUT2D eigenvalue weighted by atomic mass is 35.5. The van der Waals surface area contributed by atoms with Crippen LogP contribution in [0.5, 0.6) is 5.75 Å². The van der Waals surface area contributed by atoms with Gasteiger partial charge in [0.25, 0.3) is 0 Å². The molecule has 0 aromatic heterocycles. The molecule has 0 spiro atoms. The summed E-state index contributed by atoms with van der Waals surface area (Å²) in [6, 6.07) is 6.10. The van der Waals surface area contributed by atoms with E-state index in [1.807, 2.05) is 11.8 Å². The maximum absolute atomic E-state index is 12.9. The Kier molecular flexibility index (Phi) is 6.69. The molecule has 2 aliphatic rings. The fourth-order valence-electron chi connectivity index (χ4n) is 3.88. The molecule has 1 amide bonds. The molecule has 0 bridgehead atoms. The zero-order chi connectivity index (χ0) is 17.2. The molecular formula is C19H28ClFN2O2. The van der Waals surface area contributed by atoms with Crippen molar-refractivity contribution in [1.82, 2.24) is 4.90 Å². The van der Waals surface area contributed by atoms with Crippen LogP contribution in [0.15, 0.2) is 24.3 Å². The van der Waals surface area contributed by atoms with E-state index < -0.39 is 0 Å². The molecule has 1 saturated carbocycles. The lowest BCUT2D eigenvalue weighted by molar-refractivity contribution is -0.140. The Morgan fingerprint density at radius 2 is 1.84 bits per heavy atom. The highest BCUT2D eigenvalue weighted by Gasteiger charge is 2.40. The van der Waals surface area contributed by atoms with Gasteiger partial charge in [0.2, 0.25) is 5.91 Å². The topological polar surface area (TPSA) is 55.6 Å². The molecule has 6 heteroatoms. The second-order valence-corrected chi connectivity index (χ2v) is 7.40. The summed E-state index contributed by atoms with van der Waals surface area (Å²) in [4.78, 5) is 14.8. The Balaban J connectivity index is 0.00000225. The maximum atomic E-state index is 12.9. The van der Waals surface area contributed by atoms with Crippen LogP contribution in [0.3, 0.4) is 0 Å². The van der Waals surface area contributed by atoms with Crippen LogP contribution in [0.1, 0.15) is 45.4 Å². The maximum Gasteiger partial charge on any atom is 0.227 e. The molecule has 140 valence electrons. The largest absolute Gasteiger partial charge is 0.490 e. The lowest BCUT2D eigenvalue weighted by atomic mass is 9.74. The van der Waals surface area contributed by atoms with Crippen molar-refractivity contribution in [3.63, 3.8) is 0 Å². The van der Waals surface area contributed by atoms with E-state index in [0.717, 1.165) is 38.5 Å². The number of nitrogens with zero attached hydrogens (tertiary/aromatic N) is 1. The minimum atomic E-state index is -0.378. The number of halogens is 2. The summed E-state index contributed by atoms with van der Waals surface area (Å²) < 4.78 is 18.8. The second kappa shape index (κ2) is 8.37. The van der Waals surface area contributed by atoms with E-state index in [9.17, 15) is 9.18 Å². The third kappa shape index (κ3) is 4.85. The SMILES string of the molecule is CC1(N)CCCCC1C(=O)N1CCC(Oc2ccc(F)cc2)CC1.Cl. The molecular weight excluding hydrogens is 343 g/mol. The summed E-state index contributed by atoms with van der Waals surface area (Å²) in [5.74, 6) is 0.573. The normalized spacial score (nSPS) is 27.5. The van der Waals surface area contributed by atoms with Crippen molar-refractivity contribution in [2.75, 3.05) is 13.1 Å². The fourth-order valence-corrected chi connectivity index (χ4v) is 3.88. The fraction of sp³-hybridized carbons (Fsp3) is 0.632. The molecule has 2 atom stereocenters. The van der Waals surface area contributed by atoms with Gasteiger partial charge >= 0.3 is 0 Å². The summed E-state index contributed by atoms with van der Waals surface area (Å²) in [5, 5.41) is 0. The molecule has 2 unspecified atom stereocenters. The average molecular weight is 371 g/mol. The predicted octanol–water partition coefficient (Wildman–Crippen LogP) is 3.52. The first-order valence-electron chi connectivity index (χ1n) is 8.95. The molecule has 0 radical (unpaired) electrons. The molecule has 25 heavy (non-hydrogen) atoms. The van der Waals surface area contributed by atoms with Gasteiger partial charge in [-0.1, -0.05) is 12.8 Å². The van der Waals surface area contributed by atoms with Crippen LogP contribution in [-0.2, 0) is 4.79 Å². The monoisotopic (exact) mass is 370 g/mol. The number of amides is 1. The van der Waals surface area contributed by atoms with Crippen LogP contribution in [0.2, 0.25) is 0 Å². The van der Waals surface area contributed by atoms with E-state index in [-0.39, 0.29) is 41.7 Å². The van der Waals surface area contributed by atoms with Crippen LogP contribution in [0, 0.1) is 11.7 Å². The van der Waals surface area contributed by atoms with Gasteiger partial charge in [0.1, 0.15) is 17.7 Å². The second-order valence-electron chi connectivity index (χ2n) is 7.40. The number of piperidine rings is 1. The van der Waals surface area contributed by atoms with Gasteiger partial charge in [0.15, 0.2) is 0 Å². The standard InChI is InChI=1S/C19H27FN2O2.ClH/c1-19(21)11-3-2-4-17(19)18(23)22-12-9-16(10-13-22)24-15-7-5-14(20)6-8-15;/h5-8,16-17H,2-4,9-13,21H2,1H3;1H. The first kappa shape index (κ1) is 20.0. The van der Waals surface area contributed by atoms with Crippen molar-refractivity contribution in [3.05, 3.63) is 30.1 Å². The van der Waals surface area contributed by atoms with E-state index >= 15 is 0 Å². The van der Waals surface area contributed by atoms with Crippen molar-refractivity contribution in [2.45, 2.75) is 57.1 Å². The van der Waals surface area contributed by atoms with Crippen LogP contribution in [0.25, 0.3) is 0 Å². The Hall–Kier alpha value is -1.33. The molecule has 1 aromatic rings. The number of carbonyl (C=O) groups is 1. The number of rotatable bonds is 3. The van der Waals surface area contributed by atoms with E-state index in [4.69, 9.17) is 10.5 Å². The Bertz CT molecular complexity index is 571. The number of ether oxygens (including phenoxy) is 1. The van der Waals surface area contributed by atoms with Gasteiger partial charge in [0.05, 0.1) is 5.92 Å². The zero-order valence-corrected chi connectivity index (χ0v) is 15.6. The lowest BCUT2D eigenvalue weighted by Gasteiger charge is -2.41. The third-order valence-corrected chi connectivity index (χ3v) is 5.42. The highest BCUT2D eigenvalue weighted by molar-refractivity contribution is 5.85. The van der Waals surface area contributed by atoms with Crippen molar-refractivity contribution >= 4 is 18.3 Å². The summed E-state index contributed by atoms with van der Waals surface area (Å²) in [7, 11) is 0. The Morgan fingerprint density at radius 1 is 1.20 bits per heavy atom. The van der Waals surface area contributed by atoms with Gasteiger partial charge in [0, 0.05) is 31.5 Å². The quantitative estimate of drug-likeness (QED) is 0.885. The summed E-state index contributed by atoms with van der Waals surface area (Å²) in [5.41, 5.74) is 5.99. The molecule has 1 aliphatic heterocycles. The van der Waals surface area contributed by atoms with Gasteiger partial charge in [-0.15, -0.1) is 12.4 Å². The number of carbonyl (C=O) groups excluding carboxylic acids is 1. The predicted molar refractivity (Wildman–Crippen MR) is 98.4 cm³/mol. The molecule has 1 aliphatic carbocycles. The summed E-state index contributed by atoms with van der Waals surface area (Å²) in [6.45, 7) is 3.42. The molecule has 1 aromatic carbocycles. The van der Waals surface area contributed by atoms with E-state index in [0.29, 0.717) is 18.8 Å². The number of hydrogen-bond donors (Lipinski definition) is 1. The molecule has 3 rings (SSSR count). The summed E-state index contributed by atoms with van der Waals surface area (Å²) in [6.07, 6.45) is 5.72. The summed E-state index contributed by atoms with van der Waals surface area (Å²) >= 11 is 0. The van der Waals surface area contributed by atoms with Crippen molar-refractivity contribution < 1.29 is 13.9 Å². The van der Waals surface area contributed by atoms with Gasteiger partial charge in [-0.2, -0.15) is 0 Å². The molecule has 1 saturated heterocycles. The molecule has 2 N–H and O–H groups in total. The molecule has 2 fully saturated rings. The average Bonchev–Trinajstić information content (AvgIpc) is 2.57. The number of benzene rings is 1. The van der Waals surface area contributed by atoms with Crippen LogP contribution in [0.4, 0.5) is 4.39 Å². The number of nitrogens with two attached hydrogens (primary N) is 1. The van der Waals surface area contributed by atoms with E-state index in [1.165, 1.54) is 12.1 Å². The smallest absolute Gasteiger partial charge is 0.227 e. The van der Waals surface area contributed by atoms with Gasteiger partial charge < -0.3 is 15.4 Å². The molecule has 4 nitrogen and oxygen atoms in total. The van der Waals surface area contributed by atoms with Crippen molar-refractivity contribution in [2.24, 2.45) is 11.7 Å². The number of hydrogen-bond acceptors (Lipinski definition) is 3. The van der Waals surface area contributed by atoms with Gasteiger partial charge in [-0.3, -0.25) is 4.79 Å². The van der Waals surface area contributed by atoms with Gasteiger partial charge in [-0.05, 0) is 44.0 Å². The first-order chi connectivity index (χ1) is 11.5. The van der Waals surface area contributed by atoms with Gasteiger partial charge in [-0.25, -0.2) is 4.39 Å². The minimum absolute atomic E-state index is 0. The minimum Gasteiger partial charge on any atom is -0.490 e. The van der Waals surface area contributed by atoms with Crippen molar-refractivity contribution in [1.29, 1.82) is 0 Å². The first-order valence-corrected chi connectivity index (χ1v) is 8.95. The van der Waals surface area contributed by atoms with E-state index in [2.05, 4.69) is 0 Å². The number of likely N-dealkylation sites (tertiary alicyclic amines) is 1. The Labute approximate surface area is 155 Å². The molecule has 1 heterocycles. The zero-order valence-electron chi connectivity index (χ0n) is 14.7.